The van der Waals surface area contributed by atoms with Gasteiger partial charge in [0.2, 0.25) is 0 Å². The van der Waals surface area contributed by atoms with Gasteiger partial charge >= 0.3 is 0 Å². The van der Waals surface area contributed by atoms with E-state index in [0.717, 1.165) is 27.6 Å². The van der Waals surface area contributed by atoms with Crippen LogP contribution in [0.5, 0.6) is 0 Å². The van der Waals surface area contributed by atoms with E-state index in [0.29, 0.717) is 24.3 Å². The second-order valence-electron chi connectivity index (χ2n) is 7.44. The predicted octanol–water partition coefficient (Wildman–Crippen LogP) is 3.62. The first-order valence-electron chi connectivity index (χ1n) is 9.86. The number of aromatic nitrogens is 2. The van der Waals surface area contributed by atoms with Crippen LogP contribution in [0.3, 0.4) is 0 Å². The van der Waals surface area contributed by atoms with Crippen LogP contribution < -0.4 is 9.88 Å². The molecule has 0 atom stereocenters. The van der Waals surface area contributed by atoms with Crippen LogP contribution in [0.2, 0.25) is 0 Å². The van der Waals surface area contributed by atoms with E-state index in [4.69, 9.17) is 0 Å². The van der Waals surface area contributed by atoms with Gasteiger partial charge in [0.25, 0.3) is 5.91 Å². The molecule has 0 aliphatic rings. The van der Waals surface area contributed by atoms with Gasteiger partial charge in [0, 0.05) is 36.1 Å². The number of para-hydroxylation sites is 1. The van der Waals surface area contributed by atoms with Crippen LogP contribution in [0.1, 0.15) is 32.7 Å². The molecule has 1 N–H and O–H groups in total. The van der Waals surface area contributed by atoms with Crippen LogP contribution in [0.25, 0.3) is 10.9 Å². The molecule has 0 spiro atoms. The van der Waals surface area contributed by atoms with Gasteiger partial charge in [-0.1, -0.05) is 30.3 Å². The fraction of sp³-hybridized carbons (Fsp3) is 0.160. The highest BCUT2D eigenvalue weighted by molar-refractivity contribution is 6.01. The molecule has 2 heterocycles. The highest BCUT2D eigenvalue weighted by atomic mass is 16.1. The zero-order chi connectivity index (χ0) is 21.1. The Kier molecular flexibility index (Phi) is 5.32. The smallest absolute Gasteiger partial charge is 0.268 e. The lowest BCUT2D eigenvalue weighted by atomic mass is 10.1. The van der Waals surface area contributed by atoms with E-state index in [1.54, 1.807) is 6.07 Å². The number of aryl methyl sites for hydroxylation is 2. The summed E-state index contributed by atoms with van der Waals surface area (Å²) < 4.78 is 4.00. The van der Waals surface area contributed by atoms with Crippen molar-refractivity contribution in [3.05, 3.63) is 101 Å². The molecule has 5 nitrogen and oxygen atoms in total. The lowest BCUT2D eigenvalue weighted by molar-refractivity contribution is -0.671. The first-order valence-corrected chi connectivity index (χ1v) is 9.86. The van der Waals surface area contributed by atoms with E-state index in [1.807, 2.05) is 90.1 Å². The monoisotopic (exact) mass is 395 g/mol. The van der Waals surface area contributed by atoms with Gasteiger partial charge < -0.3 is 9.88 Å². The largest absolute Gasteiger partial charge is 0.347 e. The van der Waals surface area contributed by atoms with Crippen molar-refractivity contribution in [2.75, 3.05) is 0 Å². The minimum Gasteiger partial charge on any atom is -0.347 e. The molecule has 0 aliphatic heterocycles. The minimum atomic E-state index is -0.103. The number of nitrogens with zero attached hydrogens (tertiary/aromatic N) is 3. The second-order valence-corrected chi connectivity index (χ2v) is 7.44. The molecule has 0 unspecified atom stereocenters. The number of benzene rings is 2. The number of amides is 1. The Bertz CT molecular complexity index is 1260. The van der Waals surface area contributed by atoms with Crippen LogP contribution in [0.4, 0.5) is 0 Å². The van der Waals surface area contributed by atoms with Gasteiger partial charge in [-0.2, -0.15) is 5.26 Å². The number of nitrogens with one attached hydrogen (secondary N) is 1. The molecule has 30 heavy (non-hydrogen) atoms. The van der Waals surface area contributed by atoms with E-state index < -0.39 is 0 Å². The molecule has 5 heteroatoms. The number of carbonyl (C=O) groups is 1. The van der Waals surface area contributed by atoms with Crippen molar-refractivity contribution in [1.29, 1.82) is 5.26 Å². The Morgan fingerprint density at radius 1 is 1.07 bits per heavy atom. The number of carbonyl (C=O) groups excluding carboxylic acids is 1. The van der Waals surface area contributed by atoms with Crippen molar-refractivity contribution in [1.82, 2.24) is 9.88 Å². The van der Waals surface area contributed by atoms with E-state index in [-0.39, 0.29) is 5.91 Å². The summed E-state index contributed by atoms with van der Waals surface area (Å²) >= 11 is 0. The molecule has 0 aliphatic carbocycles. The molecule has 0 bridgehead atoms. The summed E-state index contributed by atoms with van der Waals surface area (Å²) in [4.78, 5) is 13.2. The molecular formula is C25H23N4O+. The molecule has 0 saturated carbocycles. The van der Waals surface area contributed by atoms with Crippen molar-refractivity contribution in [3.8, 4) is 6.07 Å². The van der Waals surface area contributed by atoms with Crippen LogP contribution in [-0.2, 0) is 20.1 Å². The van der Waals surface area contributed by atoms with E-state index in [1.165, 1.54) is 0 Å². The fourth-order valence-corrected chi connectivity index (χ4v) is 3.77. The number of hydrogen-bond donors (Lipinski definition) is 1. The van der Waals surface area contributed by atoms with Crippen LogP contribution in [0, 0.1) is 18.3 Å². The molecule has 0 saturated heterocycles. The van der Waals surface area contributed by atoms with Crippen molar-refractivity contribution in [3.63, 3.8) is 0 Å². The quantitative estimate of drug-likeness (QED) is 0.525. The highest BCUT2D eigenvalue weighted by Crippen LogP contribution is 2.27. The molecule has 2 aromatic carbocycles. The lowest BCUT2D eigenvalue weighted by Crippen LogP contribution is -2.28. The molecule has 4 aromatic rings. The molecule has 148 valence electrons. The lowest BCUT2D eigenvalue weighted by Gasteiger charge is -2.12. The third-order valence-corrected chi connectivity index (χ3v) is 5.34. The van der Waals surface area contributed by atoms with Crippen molar-refractivity contribution in [2.24, 2.45) is 7.05 Å². The van der Waals surface area contributed by atoms with Crippen molar-refractivity contribution in [2.45, 2.75) is 20.0 Å². The average Bonchev–Trinajstić information content (AvgIpc) is 3.05. The maximum Gasteiger partial charge on any atom is 0.268 e. The normalized spacial score (nSPS) is 10.7. The minimum absolute atomic E-state index is 0.103. The summed E-state index contributed by atoms with van der Waals surface area (Å²) in [6.45, 7) is 2.97. The molecule has 1 amide bonds. The second kappa shape index (κ2) is 8.22. The maximum atomic E-state index is 13.2. The average molecular weight is 395 g/mol. The maximum absolute atomic E-state index is 13.2. The first kappa shape index (κ1) is 19.4. The zero-order valence-corrected chi connectivity index (χ0v) is 17.1. The Morgan fingerprint density at radius 3 is 2.60 bits per heavy atom. The standard InChI is InChI=1S/C25H22N4O/c1-18-22-8-3-4-9-23(22)29(17-21-7-5-6-20(14-21)15-26)24(18)25(30)27-16-19-10-12-28(2)13-11-19/h3-14H,16-17H2,1-2H3/p+1. The highest BCUT2D eigenvalue weighted by Gasteiger charge is 2.20. The summed E-state index contributed by atoms with van der Waals surface area (Å²) in [5.74, 6) is -0.103. The molecule has 0 fully saturated rings. The van der Waals surface area contributed by atoms with Gasteiger partial charge in [0.05, 0.1) is 11.6 Å². The summed E-state index contributed by atoms with van der Waals surface area (Å²) in [5.41, 5.74) is 5.26. The number of pyridine rings is 1. The van der Waals surface area contributed by atoms with Gasteiger partial charge in [-0.3, -0.25) is 4.79 Å². The van der Waals surface area contributed by atoms with E-state index in [2.05, 4.69) is 11.4 Å². The summed E-state index contributed by atoms with van der Waals surface area (Å²) in [5, 5.41) is 13.3. The van der Waals surface area contributed by atoms with Crippen LogP contribution in [0.15, 0.2) is 73.1 Å². The Labute approximate surface area is 175 Å². The molecule has 2 aromatic heterocycles. The third kappa shape index (κ3) is 3.81. The first-order chi connectivity index (χ1) is 14.6. The van der Waals surface area contributed by atoms with Gasteiger partial charge in [-0.05, 0) is 41.8 Å². The number of rotatable bonds is 5. The topological polar surface area (TPSA) is 61.7 Å². The van der Waals surface area contributed by atoms with Gasteiger partial charge in [-0.15, -0.1) is 0 Å². The number of fused-ring (bicyclic) bond motifs is 1. The summed E-state index contributed by atoms with van der Waals surface area (Å²) in [6.07, 6.45) is 3.93. The Hall–Kier alpha value is -3.91. The van der Waals surface area contributed by atoms with Crippen molar-refractivity contribution >= 4 is 16.8 Å². The van der Waals surface area contributed by atoms with E-state index >= 15 is 0 Å². The third-order valence-electron chi connectivity index (χ3n) is 5.34. The Balaban J connectivity index is 1.70. The molecule has 0 radical (unpaired) electrons. The van der Waals surface area contributed by atoms with Gasteiger partial charge in [0.1, 0.15) is 12.7 Å². The summed E-state index contributed by atoms with van der Waals surface area (Å²) in [6, 6.07) is 21.7. The van der Waals surface area contributed by atoms with E-state index in [9.17, 15) is 10.1 Å². The SMILES string of the molecule is Cc1c(C(=O)NCc2cc[n+](C)cc2)n(Cc2cccc(C#N)c2)c2ccccc12. The molecular weight excluding hydrogens is 372 g/mol. The molecule has 4 rings (SSSR count). The zero-order valence-electron chi connectivity index (χ0n) is 17.1. The number of nitriles is 1. The van der Waals surface area contributed by atoms with Crippen LogP contribution >= 0.6 is 0 Å². The van der Waals surface area contributed by atoms with Gasteiger partial charge in [-0.25, -0.2) is 4.57 Å². The van der Waals surface area contributed by atoms with Gasteiger partial charge in [0.15, 0.2) is 12.4 Å². The fourth-order valence-electron chi connectivity index (χ4n) is 3.77. The number of hydrogen-bond acceptors (Lipinski definition) is 2. The van der Waals surface area contributed by atoms with Crippen LogP contribution in [-0.4, -0.2) is 10.5 Å². The summed E-state index contributed by atoms with van der Waals surface area (Å²) in [7, 11) is 1.96. The van der Waals surface area contributed by atoms with Crippen molar-refractivity contribution < 1.29 is 9.36 Å². The predicted molar refractivity (Wildman–Crippen MR) is 116 cm³/mol. The Morgan fingerprint density at radius 2 is 1.83 bits per heavy atom.